The van der Waals surface area contributed by atoms with Gasteiger partial charge in [0.2, 0.25) is 0 Å². The number of rotatable bonds is 0. The van der Waals surface area contributed by atoms with E-state index in [0.717, 1.165) is 5.03 Å². The van der Waals surface area contributed by atoms with Gasteiger partial charge >= 0.3 is 0 Å². The molecule has 0 aromatic carbocycles. The molecule has 0 spiro atoms. The van der Waals surface area contributed by atoms with E-state index in [1.165, 1.54) is 0 Å². The van der Waals surface area contributed by atoms with Gasteiger partial charge in [-0.15, -0.1) is 0 Å². The first-order chi connectivity index (χ1) is 3.15. The molecule has 0 aliphatic carbocycles. The lowest BCUT2D eigenvalue weighted by atomic mass is 10.8. The van der Waals surface area contributed by atoms with Gasteiger partial charge in [0.15, 0.2) is 5.03 Å². The second-order valence-corrected chi connectivity index (χ2v) is 1.50. The highest BCUT2D eigenvalue weighted by Gasteiger charge is 1.71. The maximum absolute atomic E-state index is 8.25. The molecule has 0 aliphatic rings. The van der Waals surface area contributed by atoms with Gasteiger partial charge in [-0.05, 0) is 6.58 Å². The molecule has 0 aliphatic heterocycles. The van der Waals surface area contributed by atoms with Crippen molar-refractivity contribution in [3.63, 3.8) is 0 Å². The molecule has 7 heavy (non-hydrogen) atoms. The molecule has 0 aromatic rings. The molecule has 0 amide bonds. The summed E-state index contributed by atoms with van der Waals surface area (Å²) in [6.45, 7) is 4.66. The first kappa shape index (κ1) is 9.71. The van der Waals surface area contributed by atoms with Gasteiger partial charge < -0.3 is 9.90 Å². The fourth-order valence-electron chi connectivity index (χ4n) is 0. The molecular formula is C4H7ClO2. The number of carbonyl (C=O) groups is 1. The average molecular weight is 123 g/mol. The zero-order chi connectivity index (χ0) is 6.28. The highest BCUT2D eigenvalue weighted by molar-refractivity contribution is 5.29. The molecule has 0 aromatic heterocycles. The Morgan fingerprint density at radius 1 is 2.00 bits per heavy atom. The number of allylic oxidation sites excluding steroid dienone is 1. The first-order valence-electron chi connectivity index (χ1n) is 1.53. The Balaban J connectivity index is 0. The largest absolute Gasteiger partial charge is 0.554 e. The van der Waals surface area contributed by atoms with Crippen LogP contribution < -0.4 is 5.11 Å². The molecule has 0 fully saturated rings. The number of hydrogen-bond donors (Lipinski definition) is 0. The summed E-state index contributed by atoms with van der Waals surface area (Å²) < 4.78 is 0. The lowest BCUT2D eigenvalue weighted by molar-refractivity contribution is -0.300. The molecule has 0 saturated carbocycles. The molecule has 3 heteroatoms. The van der Waals surface area contributed by atoms with E-state index in [1.807, 2.05) is 0 Å². The van der Waals surface area contributed by atoms with Crippen molar-refractivity contribution in [1.82, 2.24) is 0 Å². The van der Waals surface area contributed by atoms with Crippen LogP contribution in [0.15, 0.2) is 11.6 Å². The summed E-state index contributed by atoms with van der Waals surface area (Å²) in [6, 6.07) is 0. The summed E-state index contributed by atoms with van der Waals surface area (Å²) in [5.74, 6) is 0. The van der Waals surface area contributed by atoms with Crippen molar-refractivity contribution in [2.75, 3.05) is 0 Å². The van der Waals surface area contributed by atoms with Crippen LogP contribution in [0.5, 0.6) is 0 Å². The standard InChI is InChI=1S/C3H6Cl.CH2O2/c1-3(2)4;2-1-3/h4H,1H2,2H3;1H,(H,2,3)/q+1;/p-1. The summed E-state index contributed by atoms with van der Waals surface area (Å²) >= 11 is 4.43. The van der Waals surface area contributed by atoms with Crippen molar-refractivity contribution in [2.24, 2.45) is 0 Å². The SMILES string of the molecule is C=C(C)[ClH+].O=C[O-]. The number of carboxylic acid groups (broad SMARTS) is 1. The maximum Gasteiger partial charge on any atom is 0.192 e. The zero-order valence-electron chi connectivity index (χ0n) is 4.01. The van der Waals surface area contributed by atoms with E-state index in [1.54, 1.807) is 6.92 Å². The van der Waals surface area contributed by atoms with E-state index < -0.39 is 6.47 Å². The van der Waals surface area contributed by atoms with Crippen LogP contribution in [0.25, 0.3) is 0 Å². The van der Waals surface area contributed by atoms with Crippen molar-refractivity contribution in [3.05, 3.63) is 11.6 Å². The Morgan fingerprint density at radius 3 is 2.00 bits per heavy atom. The van der Waals surface area contributed by atoms with Gasteiger partial charge in [0.25, 0.3) is 0 Å². The predicted molar refractivity (Wildman–Crippen MR) is 22.3 cm³/mol. The Bertz CT molecular complexity index is 56.7. The Morgan fingerprint density at radius 2 is 2.00 bits per heavy atom. The predicted octanol–water partition coefficient (Wildman–Crippen LogP) is -0.832. The van der Waals surface area contributed by atoms with E-state index in [0.29, 0.717) is 0 Å². The third-order valence-corrected chi connectivity index (χ3v) is 0. The van der Waals surface area contributed by atoms with Crippen LogP contribution in [0.3, 0.4) is 0 Å². The van der Waals surface area contributed by atoms with Crippen LogP contribution in [0, 0.1) is 11.6 Å². The van der Waals surface area contributed by atoms with Crippen molar-refractivity contribution < 1.29 is 21.5 Å². The molecule has 0 unspecified atom stereocenters. The van der Waals surface area contributed by atoms with Gasteiger partial charge in [0, 0.05) is 13.4 Å². The monoisotopic (exact) mass is 122 g/mol. The van der Waals surface area contributed by atoms with Crippen molar-refractivity contribution in [3.8, 4) is 0 Å². The van der Waals surface area contributed by atoms with Gasteiger partial charge in [-0.25, -0.2) is 0 Å². The average Bonchev–Trinajstić information content (AvgIpc) is 1.33. The van der Waals surface area contributed by atoms with E-state index in [-0.39, 0.29) is 0 Å². The molecular weight excluding hydrogens is 115 g/mol. The first-order valence-corrected chi connectivity index (χ1v) is 1.94. The van der Waals surface area contributed by atoms with Crippen LogP contribution in [-0.4, -0.2) is 6.47 Å². The van der Waals surface area contributed by atoms with Crippen molar-refractivity contribution >= 4 is 6.47 Å². The topological polar surface area (TPSA) is 40.1 Å². The van der Waals surface area contributed by atoms with Gasteiger partial charge in [0.05, 0.1) is 0 Å². The van der Waals surface area contributed by atoms with Crippen molar-refractivity contribution in [1.29, 1.82) is 0 Å². The third-order valence-electron chi connectivity index (χ3n) is 0. The molecule has 0 bridgehead atoms. The number of halogens is 1. The molecule has 2 nitrogen and oxygen atoms in total. The summed E-state index contributed by atoms with van der Waals surface area (Å²) in [7, 11) is 0. The van der Waals surface area contributed by atoms with Gasteiger partial charge in [-0.3, -0.25) is 0 Å². The fourth-order valence-corrected chi connectivity index (χ4v) is 0. The van der Waals surface area contributed by atoms with Crippen LogP contribution in [0.1, 0.15) is 6.92 Å². The molecule has 0 saturated heterocycles. The van der Waals surface area contributed by atoms with Crippen LogP contribution >= 0.6 is 0 Å². The summed E-state index contributed by atoms with van der Waals surface area (Å²) in [6.07, 6.45) is 0. The molecule has 0 N–H and O–H groups in total. The lowest BCUT2D eigenvalue weighted by Crippen LogP contribution is -2.01. The quantitative estimate of drug-likeness (QED) is 0.394. The van der Waals surface area contributed by atoms with E-state index in [4.69, 9.17) is 9.90 Å². The molecule has 0 heterocycles. The fraction of sp³-hybridized carbons (Fsp3) is 0.250. The number of carbonyl (C=O) groups excluding carboxylic acids is 1. The smallest absolute Gasteiger partial charge is 0.192 e. The Hall–Kier alpha value is -0.500. The van der Waals surface area contributed by atoms with Crippen LogP contribution in [0.2, 0.25) is 0 Å². The zero-order valence-corrected chi connectivity index (χ0v) is 4.83. The molecule has 0 atom stereocenters. The second-order valence-electron chi connectivity index (χ2n) is 0.798. The maximum atomic E-state index is 8.25. The molecule has 0 rings (SSSR count). The third kappa shape index (κ3) is 270. The van der Waals surface area contributed by atoms with E-state index in [2.05, 4.69) is 18.2 Å². The van der Waals surface area contributed by atoms with Gasteiger partial charge in [0.1, 0.15) is 11.6 Å². The Labute approximate surface area is 47.4 Å². The highest BCUT2D eigenvalue weighted by atomic mass is 35.5. The minimum Gasteiger partial charge on any atom is -0.554 e. The van der Waals surface area contributed by atoms with Crippen LogP contribution in [0.4, 0.5) is 0 Å². The highest BCUT2D eigenvalue weighted by Crippen LogP contribution is 1.71. The van der Waals surface area contributed by atoms with Gasteiger partial charge in [-0.2, -0.15) is 0 Å². The van der Waals surface area contributed by atoms with Crippen LogP contribution in [-0.2, 0) is 4.79 Å². The van der Waals surface area contributed by atoms with Crippen molar-refractivity contribution in [2.45, 2.75) is 6.92 Å². The normalized spacial score (nSPS) is 5.43. The van der Waals surface area contributed by atoms with Gasteiger partial charge in [-0.1, -0.05) is 0 Å². The lowest BCUT2D eigenvalue weighted by Gasteiger charge is -1.52. The number of hydrogen-bond acceptors (Lipinski definition) is 2. The Kier molecular flexibility index (Phi) is 12.6. The summed E-state index contributed by atoms with van der Waals surface area (Å²) in [4.78, 5) is 8.25. The summed E-state index contributed by atoms with van der Waals surface area (Å²) in [5.41, 5.74) is 0. The molecule has 42 valence electrons. The minimum absolute atomic E-state index is 0.500. The van der Waals surface area contributed by atoms with E-state index >= 15 is 0 Å². The van der Waals surface area contributed by atoms with E-state index in [9.17, 15) is 0 Å². The summed E-state index contributed by atoms with van der Waals surface area (Å²) in [5, 5.41) is 9.00. The molecule has 0 radical (unpaired) electrons. The minimum atomic E-state index is -0.500. The second kappa shape index (κ2) is 9.09.